The minimum Gasteiger partial charge on any atom is -0.300 e. The van der Waals surface area contributed by atoms with Crippen LogP contribution in [0.5, 0.6) is 0 Å². The average Bonchev–Trinajstić information content (AvgIpc) is 3.36. The summed E-state index contributed by atoms with van der Waals surface area (Å²) in [4.78, 5) is 2.56. The zero-order valence-corrected chi connectivity index (χ0v) is 14.3. The van der Waals surface area contributed by atoms with Crippen molar-refractivity contribution in [3.63, 3.8) is 0 Å². The molecule has 0 bridgehead atoms. The molecule has 0 radical (unpaired) electrons. The van der Waals surface area contributed by atoms with Gasteiger partial charge in [-0.15, -0.1) is 0 Å². The summed E-state index contributed by atoms with van der Waals surface area (Å²) >= 11 is 0. The fourth-order valence-electron chi connectivity index (χ4n) is 3.66. The molecule has 3 rings (SSSR count). The number of benzene rings is 1. The average molecular weight is 322 g/mol. The SMILES string of the molecule is CCS(=O)(=O)N(C)C1CCN([C@@H]2C[C@@H]2c2ccccc2)CC1. The minimum atomic E-state index is -3.06. The molecule has 1 aliphatic heterocycles. The molecule has 1 aliphatic carbocycles. The first-order chi connectivity index (χ1) is 10.5. The topological polar surface area (TPSA) is 40.6 Å². The molecule has 1 aromatic rings. The first kappa shape index (κ1) is 16.0. The molecular formula is C17H26N2O2S. The molecule has 122 valence electrons. The van der Waals surface area contributed by atoms with Crippen LogP contribution in [0.2, 0.25) is 0 Å². The molecule has 0 unspecified atom stereocenters. The summed E-state index contributed by atoms with van der Waals surface area (Å²) in [6, 6.07) is 11.6. The lowest BCUT2D eigenvalue weighted by atomic mass is 10.0. The van der Waals surface area contributed by atoms with Gasteiger partial charge in [0.1, 0.15) is 0 Å². The summed E-state index contributed by atoms with van der Waals surface area (Å²) in [5, 5.41) is 0. The second-order valence-corrected chi connectivity index (χ2v) is 8.82. The standard InChI is InChI=1S/C17H26N2O2S/c1-3-22(20,21)18(2)15-9-11-19(12-10-15)17-13-16(17)14-7-5-4-6-8-14/h4-8,15-17H,3,9-13H2,1-2H3/t16-,17-/m1/s1. The lowest BCUT2D eigenvalue weighted by Crippen LogP contribution is -2.46. The molecule has 0 N–H and O–H groups in total. The van der Waals surface area contributed by atoms with E-state index in [0.717, 1.165) is 25.9 Å². The molecule has 1 saturated carbocycles. The van der Waals surface area contributed by atoms with Crippen molar-refractivity contribution in [2.24, 2.45) is 0 Å². The first-order valence-corrected chi connectivity index (χ1v) is 9.88. The van der Waals surface area contributed by atoms with Gasteiger partial charge in [0, 0.05) is 25.0 Å². The summed E-state index contributed by atoms with van der Waals surface area (Å²) in [7, 11) is -1.32. The second kappa shape index (κ2) is 6.30. The number of sulfonamides is 1. The van der Waals surface area contributed by atoms with Gasteiger partial charge in [-0.2, -0.15) is 0 Å². The van der Waals surface area contributed by atoms with Gasteiger partial charge in [-0.25, -0.2) is 12.7 Å². The van der Waals surface area contributed by atoms with Crippen LogP contribution in [0.1, 0.15) is 37.7 Å². The van der Waals surface area contributed by atoms with E-state index in [1.165, 1.54) is 12.0 Å². The molecule has 4 nitrogen and oxygen atoms in total. The van der Waals surface area contributed by atoms with Crippen LogP contribution >= 0.6 is 0 Å². The predicted octanol–water partition coefficient (Wildman–Crippen LogP) is 2.29. The highest BCUT2D eigenvalue weighted by atomic mass is 32.2. The number of rotatable bonds is 5. The van der Waals surface area contributed by atoms with E-state index < -0.39 is 10.0 Å². The maximum atomic E-state index is 12.0. The summed E-state index contributed by atoms with van der Waals surface area (Å²) in [5.74, 6) is 0.873. The van der Waals surface area contributed by atoms with Crippen molar-refractivity contribution >= 4 is 10.0 Å². The zero-order chi connectivity index (χ0) is 15.7. The second-order valence-electron chi connectivity index (χ2n) is 6.50. The molecule has 2 fully saturated rings. The van der Waals surface area contributed by atoms with Gasteiger partial charge in [-0.05, 0) is 44.8 Å². The third-order valence-electron chi connectivity index (χ3n) is 5.27. The summed E-state index contributed by atoms with van der Waals surface area (Å²) in [6.07, 6.45) is 3.15. The Balaban J connectivity index is 1.53. The number of nitrogens with zero attached hydrogens (tertiary/aromatic N) is 2. The Morgan fingerprint density at radius 1 is 1.18 bits per heavy atom. The third kappa shape index (κ3) is 3.21. The van der Waals surface area contributed by atoms with Crippen LogP contribution in [0.25, 0.3) is 0 Å². The highest BCUT2D eigenvalue weighted by Crippen LogP contribution is 2.45. The number of likely N-dealkylation sites (tertiary alicyclic amines) is 1. The Kier molecular flexibility index (Phi) is 4.57. The van der Waals surface area contributed by atoms with Crippen molar-refractivity contribution in [3.05, 3.63) is 35.9 Å². The van der Waals surface area contributed by atoms with Crippen molar-refractivity contribution in [2.45, 2.75) is 44.2 Å². The van der Waals surface area contributed by atoms with E-state index in [1.54, 1.807) is 18.3 Å². The van der Waals surface area contributed by atoms with Gasteiger partial charge in [-0.1, -0.05) is 30.3 Å². The number of piperidine rings is 1. The molecule has 22 heavy (non-hydrogen) atoms. The van der Waals surface area contributed by atoms with E-state index in [4.69, 9.17) is 0 Å². The molecule has 2 atom stereocenters. The molecule has 0 amide bonds. The maximum Gasteiger partial charge on any atom is 0.213 e. The van der Waals surface area contributed by atoms with Crippen LogP contribution in [0.3, 0.4) is 0 Å². The van der Waals surface area contributed by atoms with E-state index in [-0.39, 0.29) is 11.8 Å². The van der Waals surface area contributed by atoms with Crippen LogP contribution in [-0.2, 0) is 10.0 Å². The Labute approximate surface area is 134 Å². The van der Waals surface area contributed by atoms with E-state index in [2.05, 4.69) is 35.2 Å². The molecule has 0 spiro atoms. The maximum absolute atomic E-state index is 12.0. The summed E-state index contributed by atoms with van der Waals surface area (Å²) in [6.45, 7) is 3.75. The normalized spacial score (nSPS) is 27.2. The van der Waals surface area contributed by atoms with E-state index in [9.17, 15) is 8.42 Å². The Bertz CT molecular complexity index is 594. The summed E-state index contributed by atoms with van der Waals surface area (Å²) in [5.41, 5.74) is 1.44. The molecule has 5 heteroatoms. The predicted molar refractivity (Wildman–Crippen MR) is 89.4 cm³/mol. The molecular weight excluding hydrogens is 296 g/mol. The smallest absolute Gasteiger partial charge is 0.213 e. The zero-order valence-electron chi connectivity index (χ0n) is 13.5. The molecule has 0 aromatic heterocycles. The fourth-order valence-corrected chi connectivity index (χ4v) is 4.73. The Morgan fingerprint density at radius 3 is 2.41 bits per heavy atom. The van der Waals surface area contributed by atoms with E-state index in [0.29, 0.717) is 12.0 Å². The molecule has 1 aromatic carbocycles. The molecule has 1 saturated heterocycles. The van der Waals surface area contributed by atoms with E-state index >= 15 is 0 Å². The van der Waals surface area contributed by atoms with Gasteiger partial charge in [-0.3, -0.25) is 4.90 Å². The van der Waals surface area contributed by atoms with Crippen molar-refractivity contribution < 1.29 is 8.42 Å². The van der Waals surface area contributed by atoms with Gasteiger partial charge in [0.25, 0.3) is 0 Å². The lowest BCUT2D eigenvalue weighted by Gasteiger charge is -2.36. The van der Waals surface area contributed by atoms with Crippen LogP contribution in [0, 0.1) is 0 Å². The minimum absolute atomic E-state index is 0.176. The Morgan fingerprint density at radius 2 is 1.82 bits per heavy atom. The molecule has 1 heterocycles. The van der Waals surface area contributed by atoms with Gasteiger partial charge < -0.3 is 0 Å². The van der Waals surface area contributed by atoms with Gasteiger partial charge >= 0.3 is 0 Å². The Hall–Kier alpha value is -0.910. The van der Waals surface area contributed by atoms with Crippen LogP contribution in [0.15, 0.2) is 30.3 Å². The van der Waals surface area contributed by atoms with Crippen molar-refractivity contribution in [2.75, 3.05) is 25.9 Å². The number of hydrogen-bond acceptors (Lipinski definition) is 3. The lowest BCUT2D eigenvalue weighted by molar-refractivity contribution is 0.161. The van der Waals surface area contributed by atoms with Gasteiger partial charge in [0.15, 0.2) is 0 Å². The first-order valence-electron chi connectivity index (χ1n) is 8.27. The van der Waals surface area contributed by atoms with Crippen LogP contribution in [-0.4, -0.2) is 55.6 Å². The third-order valence-corrected chi connectivity index (χ3v) is 7.18. The molecule has 2 aliphatic rings. The van der Waals surface area contributed by atoms with Crippen molar-refractivity contribution in [1.82, 2.24) is 9.21 Å². The summed E-state index contributed by atoms with van der Waals surface area (Å²) < 4.78 is 25.6. The largest absolute Gasteiger partial charge is 0.300 e. The quantitative estimate of drug-likeness (QED) is 0.835. The van der Waals surface area contributed by atoms with Crippen LogP contribution in [0.4, 0.5) is 0 Å². The fraction of sp³-hybridized carbons (Fsp3) is 0.647. The van der Waals surface area contributed by atoms with Crippen molar-refractivity contribution in [3.8, 4) is 0 Å². The highest BCUT2D eigenvalue weighted by molar-refractivity contribution is 7.89. The highest BCUT2D eigenvalue weighted by Gasteiger charge is 2.44. The van der Waals surface area contributed by atoms with E-state index in [1.807, 2.05) is 0 Å². The monoisotopic (exact) mass is 322 g/mol. The van der Waals surface area contributed by atoms with Crippen LogP contribution < -0.4 is 0 Å². The van der Waals surface area contributed by atoms with Gasteiger partial charge in [0.2, 0.25) is 10.0 Å². The number of hydrogen-bond donors (Lipinski definition) is 0. The van der Waals surface area contributed by atoms with Gasteiger partial charge in [0.05, 0.1) is 5.75 Å². The van der Waals surface area contributed by atoms with Crippen molar-refractivity contribution in [1.29, 1.82) is 0 Å².